The summed E-state index contributed by atoms with van der Waals surface area (Å²) in [6.07, 6.45) is 0.896. The molecule has 2 amide bonds. The van der Waals surface area contributed by atoms with Gasteiger partial charge in [-0.3, -0.25) is 14.4 Å². The first kappa shape index (κ1) is 17.8. The summed E-state index contributed by atoms with van der Waals surface area (Å²) >= 11 is 1.67. The maximum Gasteiger partial charge on any atom is 0.305 e. The predicted octanol–water partition coefficient (Wildman–Crippen LogP) is 2.31. The van der Waals surface area contributed by atoms with Gasteiger partial charge in [-0.2, -0.15) is 11.8 Å². The lowest BCUT2D eigenvalue weighted by Gasteiger charge is -2.34. The summed E-state index contributed by atoms with van der Waals surface area (Å²) in [6, 6.07) is 6.55. The van der Waals surface area contributed by atoms with Crippen molar-refractivity contribution in [3.63, 3.8) is 0 Å². The maximum atomic E-state index is 12.7. The summed E-state index contributed by atoms with van der Waals surface area (Å²) in [7, 11) is 0. The molecule has 0 aromatic heterocycles. The zero-order valence-electron chi connectivity index (χ0n) is 14.1. The number of carboxylic acids is 1. The lowest BCUT2D eigenvalue weighted by molar-refractivity contribution is -0.138. The van der Waals surface area contributed by atoms with Crippen LogP contribution in [0.15, 0.2) is 24.3 Å². The Balaban J connectivity index is 1.65. The maximum absolute atomic E-state index is 12.7. The molecule has 2 fully saturated rings. The third kappa shape index (κ3) is 4.34. The van der Waals surface area contributed by atoms with Crippen LogP contribution in [-0.4, -0.2) is 51.9 Å². The molecule has 1 saturated carbocycles. The van der Waals surface area contributed by atoms with Crippen LogP contribution in [0.4, 0.5) is 5.69 Å². The second kappa shape index (κ2) is 7.47. The van der Waals surface area contributed by atoms with Gasteiger partial charge in [0.15, 0.2) is 0 Å². The van der Waals surface area contributed by atoms with Gasteiger partial charge in [-0.1, -0.05) is 6.92 Å². The van der Waals surface area contributed by atoms with E-state index in [-0.39, 0.29) is 30.2 Å². The van der Waals surface area contributed by atoms with Crippen molar-refractivity contribution < 1.29 is 19.5 Å². The van der Waals surface area contributed by atoms with E-state index >= 15 is 0 Å². The van der Waals surface area contributed by atoms with E-state index in [2.05, 4.69) is 12.2 Å². The number of hydrogen-bond acceptors (Lipinski definition) is 4. The summed E-state index contributed by atoms with van der Waals surface area (Å²) in [5.74, 6) is 0.994. The van der Waals surface area contributed by atoms with E-state index in [0.717, 1.165) is 12.2 Å². The molecule has 1 aliphatic heterocycles. The first-order chi connectivity index (χ1) is 12.0. The second-order valence-corrected chi connectivity index (χ2v) is 7.86. The van der Waals surface area contributed by atoms with Crippen LogP contribution in [-0.2, 0) is 9.59 Å². The molecule has 1 aromatic rings. The number of anilines is 1. The molecule has 1 aliphatic carbocycles. The number of nitrogens with zero attached hydrogens (tertiary/aromatic N) is 1. The Labute approximate surface area is 151 Å². The summed E-state index contributed by atoms with van der Waals surface area (Å²) in [6.45, 7) is 2.61. The average molecular weight is 362 g/mol. The third-order valence-corrected chi connectivity index (χ3v) is 5.84. The minimum absolute atomic E-state index is 0.0288. The van der Waals surface area contributed by atoms with Crippen molar-refractivity contribution in [2.24, 2.45) is 11.8 Å². The lowest BCUT2D eigenvalue weighted by atomic mass is 10.1. The van der Waals surface area contributed by atoms with Gasteiger partial charge in [0.2, 0.25) is 5.91 Å². The van der Waals surface area contributed by atoms with Gasteiger partial charge in [-0.15, -0.1) is 0 Å². The monoisotopic (exact) mass is 362 g/mol. The van der Waals surface area contributed by atoms with E-state index in [1.54, 1.807) is 40.9 Å². The molecule has 7 heteroatoms. The minimum atomic E-state index is -0.891. The third-order valence-electron chi connectivity index (χ3n) is 4.74. The Bertz CT molecular complexity index is 676. The zero-order chi connectivity index (χ0) is 18.0. The number of hydrogen-bond donors (Lipinski definition) is 2. The van der Waals surface area contributed by atoms with E-state index in [0.29, 0.717) is 29.5 Å². The molecule has 2 N–H and O–H groups in total. The van der Waals surface area contributed by atoms with Crippen LogP contribution >= 0.6 is 11.8 Å². The van der Waals surface area contributed by atoms with E-state index in [4.69, 9.17) is 5.11 Å². The first-order valence-electron chi connectivity index (χ1n) is 8.47. The molecule has 2 aliphatic rings. The first-order valence-corrected chi connectivity index (χ1v) is 9.62. The highest BCUT2D eigenvalue weighted by molar-refractivity contribution is 7.99. The minimum Gasteiger partial charge on any atom is -0.481 e. The Morgan fingerprint density at radius 3 is 2.56 bits per heavy atom. The molecule has 0 bridgehead atoms. The highest BCUT2D eigenvalue weighted by Gasteiger charge is 2.39. The zero-order valence-corrected chi connectivity index (χ0v) is 14.9. The van der Waals surface area contributed by atoms with Crippen molar-refractivity contribution in [3.8, 4) is 0 Å². The fourth-order valence-corrected chi connectivity index (χ4v) is 4.14. The highest BCUT2D eigenvalue weighted by atomic mass is 32.2. The van der Waals surface area contributed by atoms with Crippen molar-refractivity contribution in [3.05, 3.63) is 29.8 Å². The Hall–Kier alpha value is -2.02. The largest absolute Gasteiger partial charge is 0.481 e. The van der Waals surface area contributed by atoms with Crippen molar-refractivity contribution in [1.82, 2.24) is 4.90 Å². The van der Waals surface area contributed by atoms with Gasteiger partial charge in [0, 0.05) is 35.2 Å². The van der Waals surface area contributed by atoms with Crippen LogP contribution in [0.2, 0.25) is 0 Å². The molecule has 1 aromatic carbocycles. The molecule has 3 rings (SSSR count). The fourth-order valence-electron chi connectivity index (χ4n) is 3.08. The second-order valence-electron chi connectivity index (χ2n) is 6.71. The van der Waals surface area contributed by atoms with Crippen molar-refractivity contribution in [2.75, 3.05) is 23.4 Å². The molecular weight excluding hydrogens is 340 g/mol. The molecule has 0 radical (unpaired) electrons. The van der Waals surface area contributed by atoms with Gasteiger partial charge >= 0.3 is 5.97 Å². The van der Waals surface area contributed by atoms with Crippen molar-refractivity contribution in [2.45, 2.75) is 25.8 Å². The van der Waals surface area contributed by atoms with Gasteiger partial charge in [-0.05, 0) is 36.6 Å². The van der Waals surface area contributed by atoms with Gasteiger partial charge in [0.05, 0.1) is 12.5 Å². The Kier molecular flexibility index (Phi) is 5.32. The van der Waals surface area contributed by atoms with Crippen LogP contribution in [0.1, 0.15) is 30.1 Å². The number of carbonyl (C=O) groups excluding carboxylic acids is 2. The van der Waals surface area contributed by atoms with Crippen LogP contribution in [0.25, 0.3) is 0 Å². The fraction of sp³-hybridized carbons (Fsp3) is 0.500. The molecule has 0 spiro atoms. The van der Waals surface area contributed by atoms with Gasteiger partial charge in [0.25, 0.3) is 5.91 Å². The number of amides is 2. The number of nitrogens with one attached hydrogen (secondary N) is 1. The van der Waals surface area contributed by atoms with Gasteiger partial charge < -0.3 is 15.3 Å². The van der Waals surface area contributed by atoms with E-state index in [9.17, 15) is 14.4 Å². The number of carboxylic acid groups (broad SMARTS) is 1. The average Bonchev–Trinajstić information content (AvgIpc) is 3.32. The van der Waals surface area contributed by atoms with E-state index in [1.807, 2.05) is 0 Å². The highest BCUT2D eigenvalue weighted by Crippen LogP contribution is 2.38. The molecule has 25 heavy (non-hydrogen) atoms. The number of benzene rings is 1. The molecule has 1 heterocycles. The topological polar surface area (TPSA) is 86.7 Å². The summed E-state index contributed by atoms with van der Waals surface area (Å²) in [5.41, 5.74) is 1.19. The van der Waals surface area contributed by atoms with Crippen LogP contribution in [0, 0.1) is 11.8 Å². The van der Waals surface area contributed by atoms with E-state index in [1.165, 1.54) is 0 Å². The summed E-state index contributed by atoms with van der Waals surface area (Å²) in [5, 5.41) is 11.9. The molecule has 6 nitrogen and oxygen atoms in total. The molecule has 3 unspecified atom stereocenters. The number of aliphatic carboxylic acids is 1. The van der Waals surface area contributed by atoms with Crippen LogP contribution in [0.5, 0.6) is 0 Å². The molecule has 134 valence electrons. The lowest BCUT2D eigenvalue weighted by Crippen LogP contribution is -2.47. The van der Waals surface area contributed by atoms with Gasteiger partial charge in [-0.25, -0.2) is 0 Å². The molecular formula is C18H22N2O4S. The number of thioether (sulfide) groups is 1. The summed E-state index contributed by atoms with van der Waals surface area (Å²) < 4.78 is 0. The quantitative estimate of drug-likeness (QED) is 0.839. The SMILES string of the molecule is CC1CC1C(=O)Nc1ccc(C(=O)N2CCSCC2CC(=O)O)cc1. The van der Waals surface area contributed by atoms with Crippen molar-refractivity contribution >= 4 is 35.2 Å². The predicted molar refractivity (Wildman–Crippen MR) is 96.7 cm³/mol. The molecule has 3 atom stereocenters. The standard InChI is InChI=1S/C18H22N2O4S/c1-11-8-15(11)17(23)19-13-4-2-12(3-5-13)18(24)20-6-7-25-10-14(20)9-16(21)22/h2-5,11,14-15H,6-10H2,1H3,(H,19,23)(H,21,22). The van der Waals surface area contributed by atoms with E-state index < -0.39 is 5.97 Å². The smallest absolute Gasteiger partial charge is 0.305 e. The normalized spacial score (nSPS) is 25.3. The van der Waals surface area contributed by atoms with Crippen LogP contribution < -0.4 is 5.32 Å². The molecule has 1 saturated heterocycles. The summed E-state index contributed by atoms with van der Waals surface area (Å²) in [4.78, 5) is 37.3. The van der Waals surface area contributed by atoms with Gasteiger partial charge in [0.1, 0.15) is 0 Å². The number of carbonyl (C=O) groups is 3. The number of rotatable bonds is 5. The Morgan fingerprint density at radius 1 is 1.28 bits per heavy atom. The van der Waals surface area contributed by atoms with Crippen molar-refractivity contribution in [1.29, 1.82) is 0 Å². The Morgan fingerprint density at radius 2 is 1.96 bits per heavy atom. The van der Waals surface area contributed by atoms with Crippen LogP contribution in [0.3, 0.4) is 0 Å².